The first-order valence-corrected chi connectivity index (χ1v) is 8.91. The van der Waals surface area contributed by atoms with Crippen molar-refractivity contribution in [1.82, 2.24) is 9.97 Å². The first-order chi connectivity index (χ1) is 12.2. The van der Waals surface area contributed by atoms with Crippen LogP contribution in [0, 0.1) is 0 Å². The van der Waals surface area contributed by atoms with Crippen molar-refractivity contribution in [3.05, 3.63) is 52.4 Å². The molecular weight excluding hydrogens is 382 g/mol. The van der Waals surface area contributed by atoms with E-state index in [1.54, 1.807) is 20.5 Å². The normalized spacial score (nSPS) is 16.2. The SMILES string of the molecule is COc1cc2ncnc(C3CCc4c(Br)cccc4N3)c2cc1OC. The topological polar surface area (TPSA) is 56.3 Å². The van der Waals surface area contributed by atoms with Crippen LogP contribution in [-0.4, -0.2) is 24.2 Å². The quantitative estimate of drug-likeness (QED) is 0.701. The predicted molar refractivity (Wildman–Crippen MR) is 101 cm³/mol. The molecule has 1 aliphatic rings. The summed E-state index contributed by atoms with van der Waals surface area (Å²) in [6.45, 7) is 0. The minimum absolute atomic E-state index is 0.130. The Balaban J connectivity index is 1.79. The third-order valence-corrected chi connectivity index (χ3v) is 5.38. The van der Waals surface area contributed by atoms with Gasteiger partial charge in [0.2, 0.25) is 0 Å². The number of fused-ring (bicyclic) bond motifs is 2. The maximum atomic E-state index is 5.45. The van der Waals surface area contributed by atoms with Gasteiger partial charge in [-0.2, -0.15) is 0 Å². The molecule has 0 radical (unpaired) electrons. The Bertz CT molecular complexity index is 945. The predicted octanol–water partition coefficient (Wildman–Crippen LogP) is 4.51. The molecule has 0 amide bonds. The van der Waals surface area contributed by atoms with Gasteiger partial charge in [0.25, 0.3) is 0 Å². The van der Waals surface area contributed by atoms with Crippen LogP contribution in [0.4, 0.5) is 5.69 Å². The molecule has 2 heterocycles. The molecule has 0 saturated heterocycles. The standard InChI is InChI=1S/C19H18BrN3O2/c1-24-17-8-12-16(9-18(17)25-2)21-10-22-19(12)15-7-6-11-13(20)4-3-5-14(11)23-15/h3-5,8-10,15,23H,6-7H2,1-2H3. The molecule has 1 atom stereocenters. The fourth-order valence-corrected chi connectivity index (χ4v) is 3.95. The van der Waals surface area contributed by atoms with Crippen LogP contribution < -0.4 is 14.8 Å². The molecule has 128 valence electrons. The summed E-state index contributed by atoms with van der Waals surface area (Å²) in [6, 6.07) is 10.2. The molecule has 0 fully saturated rings. The molecule has 6 heteroatoms. The summed E-state index contributed by atoms with van der Waals surface area (Å²) in [4.78, 5) is 8.97. The zero-order valence-corrected chi connectivity index (χ0v) is 15.6. The van der Waals surface area contributed by atoms with Crippen LogP contribution >= 0.6 is 15.9 Å². The van der Waals surface area contributed by atoms with E-state index < -0.39 is 0 Å². The van der Waals surface area contributed by atoms with Gasteiger partial charge in [-0.1, -0.05) is 22.0 Å². The zero-order valence-electron chi connectivity index (χ0n) is 14.0. The Labute approximate surface area is 154 Å². The Kier molecular flexibility index (Phi) is 4.21. The minimum atomic E-state index is 0.130. The summed E-state index contributed by atoms with van der Waals surface area (Å²) < 4.78 is 12.0. The van der Waals surface area contributed by atoms with Gasteiger partial charge in [-0.3, -0.25) is 0 Å². The average Bonchev–Trinajstić information content (AvgIpc) is 2.66. The zero-order chi connectivity index (χ0) is 17.4. The Hall–Kier alpha value is -2.34. The number of halogens is 1. The van der Waals surface area contributed by atoms with E-state index in [0.29, 0.717) is 11.5 Å². The lowest BCUT2D eigenvalue weighted by Crippen LogP contribution is -2.19. The lowest BCUT2D eigenvalue weighted by molar-refractivity contribution is 0.355. The number of hydrogen-bond donors (Lipinski definition) is 1. The summed E-state index contributed by atoms with van der Waals surface area (Å²) >= 11 is 3.64. The second-order valence-electron chi connectivity index (χ2n) is 5.98. The van der Waals surface area contributed by atoms with E-state index in [1.807, 2.05) is 18.2 Å². The first kappa shape index (κ1) is 16.1. The summed E-state index contributed by atoms with van der Waals surface area (Å²) in [7, 11) is 3.27. The Morgan fingerprint density at radius 3 is 2.72 bits per heavy atom. The van der Waals surface area contributed by atoms with Gasteiger partial charge in [0.1, 0.15) is 6.33 Å². The molecule has 4 rings (SSSR count). The van der Waals surface area contributed by atoms with Crippen LogP contribution in [0.1, 0.15) is 23.7 Å². The highest BCUT2D eigenvalue weighted by molar-refractivity contribution is 9.10. The van der Waals surface area contributed by atoms with Gasteiger partial charge in [-0.15, -0.1) is 0 Å². The lowest BCUT2D eigenvalue weighted by Gasteiger charge is -2.28. The molecule has 0 bridgehead atoms. The van der Waals surface area contributed by atoms with Gasteiger partial charge in [-0.05, 0) is 36.6 Å². The summed E-state index contributed by atoms with van der Waals surface area (Å²) in [5.41, 5.74) is 4.30. The molecule has 1 aliphatic heterocycles. The Morgan fingerprint density at radius 2 is 1.92 bits per heavy atom. The molecule has 0 saturated carbocycles. The third-order valence-electron chi connectivity index (χ3n) is 4.63. The van der Waals surface area contributed by atoms with Crippen LogP contribution in [0.15, 0.2) is 41.1 Å². The number of rotatable bonds is 3. The molecule has 1 aromatic heterocycles. The highest BCUT2D eigenvalue weighted by Crippen LogP contribution is 2.39. The summed E-state index contributed by atoms with van der Waals surface area (Å²) in [5.74, 6) is 1.36. The van der Waals surface area contributed by atoms with Crippen LogP contribution in [0.3, 0.4) is 0 Å². The molecule has 1 N–H and O–H groups in total. The van der Waals surface area contributed by atoms with Crippen LogP contribution in [0.25, 0.3) is 10.9 Å². The molecule has 3 aromatic rings. The van der Waals surface area contributed by atoms with Crippen molar-refractivity contribution in [2.45, 2.75) is 18.9 Å². The fraction of sp³-hybridized carbons (Fsp3) is 0.263. The average molecular weight is 400 g/mol. The highest BCUT2D eigenvalue weighted by atomic mass is 79.9. The van der Waals surface area contributed by atoms with Gasteiger partial charge in [0, 0.05) is 21.6 Å². The molecule has 0 spiro atoms. The number of ether oxygens (including phenoxy) is 2. The molecule has 25 heavy (non-hydrogen) atoms. The van der Waals surface area contributed by atoms with Crippen molar-refractivity contribution in [2.24, 2.45) is 0 Å². The number of anilines is 1. The second kappa shape index (κ2) is 6.52. The van der Waals surface area contributed by atoms with Crippen molar-refractivity contribution in [2.75, 3.05) is 19.5 Å². The maximum absolute atomic E-state index is 5.45. The van der Waals surface area contributed by atoms with E-state index in [-0.39, 0.29) is 6.04 Å². The van der Waals surface area contributed by atoms with Gasteiger partial charge in [0.05, 0.1) is 31.5 Å². The fourth-order valence-electron chi connectivity index (χ4n) is 3.38. The monoisotopic (exact) mass is 399 g/mol. The minimum Gasteiger partial charge on any atom is -0.493 e. The number of methoxy groups -OCH3 is 2. The van der Waals surface area contributed by atoms with E-state index in [1.165, 1.54) is 5.56 Å². The number of nitrogens with zero attached hydrogens (tertiary/aromatic N) is 2. The Morgan fingerprint density at radius 1 is 1.12 bits per heavy atom. The van der Waals surface area contributed by atoms with Crippen LogP contribution in [-0.2, 0) is 6.42 Å². The lowest BCUT2D eigenvalue weighted by atomic mass is 9.94. The number of benzene rings is 2. The largest absolute Gasteiger partial charge is 0.493 e. The summed E-state index contributed by atoms with van der Waals surface area (Å²) in [6.07, 6.45) is 3.57. The third kappa shape index (κ3) is 2.80. The van der Waals surface area contributed by atoms with Gasteiger partial charge < -0.3 is 14.8 Å². The molecular formula is C19H18BrN3O2. The van der Waals surface area contributed by atoms with Gasteiger partial charge in [0.15, 0.2) is 11.5 Å². The smallest absolute Gasteiger partial charge is 0.162 e. The number of aromatic nitrogens is 2. The molecule has 2 aromatic carbocycles. The van der Waals surface area contributed by atoms with Crippen molar-refractivity contribution in [3.8, 4) is 11.5 Å². The second-order valence-corrected chi connectivity index (χ2v) is 6.84. The highest BCUT2D eigenvalue weighted by Gasteiger charge is 2.24. The molecule has 5 nitrogen and oxygen atoms in total. The first-order valence-electron chi connectivity index (χ1n) is 8.12. The maximum Gasteiger partial charge on any atom is 0.162 e. The molecule has 0 aliphatic carbocycles. The van der Waals surface area contributed by atoms with Gasteiger partial charge in [-0.25, -0.2) is 9.97 Å². The van der Waals surface area contributed by atoms with Gasteiger partial charge >= 0.3 is 0 Å². The number of nitrogens with one attached hydrogen (secondary N) is 1. The van der Waals surface area contributed by atoms with E-state index in [4.69, 9.17) is 9.47 Å². The van der Waals surface area contributed by atoms with Crippen LogP contribution in [0.5, 0.6) is 11.5 Å². The molecule has 1 unspecified atom stereocenters. The van der Waals surface area contributed by atoms with Crippen molar-refractivity contribution < 1.29 is 9.47 Å². The van der Waals surface area contributed by atoms with E-state index in [9.17, 15) is 0 Å². The van der Waals surface area contributed by atoms with Crippen LogP contribution in [0.2, 0.25) is 0 Å². The van der Waals surface area contributed by atoms with Crippen molar-refractivity contribution >= 4 is 32.5 Å². The van der Waals surface area contributed by atoms with E-state index in [2.05, 4.69) is 43.3 Å². The van der Waals surface area contributed by atoms with Crippen molar-refractivity contribution in [3.63, 3.8) is 0 Å². The van der Waals surface area contributed by atoms with Crippen molar-refractivity contribution in [1.29, 1.82) is 0 Å². The number of hydrogen-bond acceptors (Lipinski definition) is 5. The summed E-state index contributed by atoms with van der Waals surface area (Å²) in [5, 5.41) is 4.60. The van der Waals surface area contributed by atoms with E-state index in [0.717, 1.165) is 39.6 Å². The van der Waals surface area contributed by atoms with E-state index >= 15 is 0 Å².